The first-order chi connectivity index (χ1) is 11.1. The normalized spacial score (nSPS) is 11.7. The Morgan fingerprint density at radius 2 is 1.30 bits per heavy atom. The Labute approximate surface area is 141 Å². The van der Waals surface area contributed by atoms with Gasteiger partial charge in [0.25, 0.3) is 10.1 Å². The molecule has 4 nitrogen and oxygen atoms in total. The number of hydrogen-bond acceptors (Lipinski definition) is 4. The van der Waals surface area contributed by atoms with Crippen molar-refractivity contribution in [2.24, 2.45) is 5.73 Å². The average molecular weight is 342 g/mol. The van der Waals surface area contributed by atoms with E-state index in [2.05, 4.69) is 0 Å². The second-order valence-electron chi connectivity index (χ2n) is 6.06. The SMILES string of the molecule is Cc1ccc(S(=O)(=O)OCCCCCCCCCCCN)cc1. The summed E-state index contributed by atoms with van der Waals surface area (Å²) in [6, 6.07) is 6.75. The topological polar surface area (TPSA) is 69.4 Å². The molecule has 1 aromatic carbocycles. The summed E-state index contributed by atoms with van der Waals surface area (Å²) in [4.78, 5) is 0.237. The molecule has 0 aliphatic heterocycles. The fraction of sp³-hybridized carbons (Fsp3) is 0.667. The molecule has 0 spiro atoms. The van der Waals surface area contributed by atoms with Gasteiger partial charge in [-0.25, -0.2) is 0 Å². The quantitative estimate of drug-likeness (QED) is 0.432. The van der Waals surface area contributed by atoms with Gasteiger partial charge >= 0.3 is 0 Å². The molecule has 0 saturated heterocycles. The third kappa shape index (κ3) is 9.08. The molecule has 0 aromatic heterocycles. The van der Waals surface area contributed by atoms with Crippen LogP contribution in [0.1, 0.15) is 63.4 Å². The minimum absolute atomic E-state index is 0.237. The van der Waals surface area contributed by atoms with Crippen molar-refractivity contribution in [2.45, 2.75) is 69.6 Å². The molecule has 2 N–H and O–H groups in total. The zero-order valence-corrected chi connectivity index (χ0v) is 15.1. The van der Waals surface area contributed by atoms with Gasteiger partial charge in [0.1, 0.15) is 0 Å². The van der Waals surface area contributed by atoms with Crippen LogP contribution in [0.15, 0.2) is 29.2 Å². The van der Waals surface area contributed by atoms with Gasteiger partial charge in [0.05, 0.1) is 11.5 Å². The van der Waals surface area contributed by atoms with Crippen LogP contribution in [0, 0.1) is 6.92 Å². The second kappa shape index (κ2) is 11.6. The number of nitrogens with two attached hydrogens (primary N) is 1. The molecule has 0 saturated carbocycles. The van der Waals surface area contributed by atoms with Gasteiger partial charge in [-0.2, -0.15) is 8.42 Å². The van der Waals surface area contributed by atoms with Crippen molar-refractivity contribution in [2.75, 3.05) is 13.2 Å². The van der Waals surface area contributed by atoms with Crippen molar-refractivity contribution in [3.05, 3.63) is 29.8 Å². The number of aryl methyl sites for hydroxylation is 1. The Kier molecular flexibility index (Phi) is 10.2. The average Bonchev–Trinajstić information content (AvgIpc) is 2.53. The molecule has 0 aliphatic carbocycles. The summed E-state index contributed by atoms with van der Waals surface area (Å²) in [5.74, 6) is 0. The molecule has 23 heavy (non-hydrogen) atoms. The van der Waals surface area contributed by atoms with Crippen molar-refractivity contribution in [3.63, 3.8) is 0 Å². The Hall–Kier alpha value is -0.910. The van der Waals surface area contributed by atoms with Crippen molar-refractivity contribution >= 4 is 10.1 Å². The van der Waals surface area contributed by atoms with E-state index in [9.17, 15) is 8.42 Å². The smallest absolute Gasteiger partial charge is 0.296 e. The minimum atomic E-state index is -3.60. The van der Waals surface area contributed by atoms with Gasteiger partial charge in [-0.3, -0.25) is 4.18 Å². The molecule has 1 aromatic rings. The first-order valence-electron chi connectivity index (χ1n) is 8.72. The van der Waals surface area contributed by atoms with Crippen molar-refractivity contribution in [3.8, 4) is 0 Å². The molecule has 0 atom stereocenters. The predicted molar refractivity (Wildman–Crippen MR) is 94.9 cm³/mol. The van der Waals surface area contributed by atoms with Gasteiger partial charge in [-0.15, -0.1) is 0 Å². The van der Waals surface area contributed by atoms with E-state index in [1.54, 1.807) is 24.3 Å². The van der Waals surface area contributed by atoms with Crippen LogP contribution in [-0.4, -0.2) is 21.6 Å². The van der Waals surface area contributed by atoms with E-state index in [1.807, 2.05) is 6.92 Å². The minimum Gasteiger partial charge on any atom is -0.330 e. The zero-order chi connectivity index (χ0) is 17.0. The number of benzene rings is 1. The monoisotopic (exact) mass is 341 g/mol. The standard InChI is InChI=1S/C18H31NO3S/c1-17-11-13-18(14-12-17)23(20,21)22-16-10-8-6-4-2-3-5-7-9-15-19/h11-14H,2-10,15-16,19H2,1H3. The molecular formula is C18H31NO3S. The fourth-order valence-electron chi connectivity index (χ4n) is 2.43. The number of rotatable bonds is 13. The molecule has 0 aliphatic rings. The molecule has 0 amide bonds. The van der Waals surface area contributed by atoms with Crippen LogP contribution in [0.5, 0.6) is 0 Å². The highest BCUT2D eigenvalue weighted by Gasteiger charge is 2.14. The summed E-state index contributed by atoms with van der Waals surface area (Å²) in [5, 5.41) is 0. The van der Waals surface area contributed by atoms with E-state index in [0.29, 0.717) is 0 Å². The van der Waals surface area contributed by atoms with E-state index < -0.39 is 10.1 Å². The van der Waals surface area contributed by atoms with Crippen LogP contribution < -0.4 is 5.73 Å². The van der Waals surface area contributed by atoms with E-state index >= 15 is 0 Å². The maximum atomic E-state index is 12.0. The molecule has 132 valence electrons. The lowest BCUT2D eigenvalue weighted by Crippen LogP contribution is -2.07. The summed E-state index contributed by atoms with van der Waals surface area (Å²) in [6.45, 7) is 2.99. The Morgan fingerprint density at radius 3 is 1.83 bits per heavy atom. The van der Waals surface area contributed by atoms with Crippen molar-refractivity contribution in [1.82, 2.24) is 0 Å². The molecule has 1 rings (SSSR count). The van der Waals surface area contributed by atoms with Crippen LogP contribution in [0.25, 0.3) is 0 Å². The van der Waals surface area contributed by atoms with Crippen LogP contribution in [0.3, 0.4) is 0 Å². The van der Waals surface area contributed by atoms with Crippen molar-refractivity contribution in [1.29, 1.82) is 0 Å². The lowest BCUT2D eigenvalue weighted by atomic mass is 10.1. The summed E-state index contributed by atoms with van der Waals surface area (Å²) in [6.07, 6.45) is 10.3. The highest BCUT2D eigenvalue weighted by molar-refractivity contribution is 7.86. The Balaban J connectivity index is 2.05. The Bertz CT molecular complexity index is 512. The van der Waals surface area contributed by atoms with Gasteiger partial charge in [-0.05, 0) is 38.4 Å². The lowest BCUT2D eigenvalue weighted by molar-refractivity contribution is 0.306. The zero-order valence-electron chi connectivity index (χ0n) is 14.3. The van der Waals surface area contributed by atoms with Gasteiger partial charge in [0, 0.05) is 0 Å². The molecule has 5 heteroatoms. The molecule has 0 radical (unpaired) electrons. The number of hydrogen-bond donors (Lipinski definition) is 1. The van der Waals surface area contributed by atoms with Crippen LogP contribution in [-0.2, 0) is 14.3 Å². The highest BCUT2D eigenvalue weighted by atomic mass is 32.2. The third-order valence-corrected chi connectivity index (χ3v) is 5.22. The predicted octanol–water partition coefficient (Wildman–Crippen LogP) is 4.17. The fourth-order valence-corrected chi connectivity index (χ4v) is 3.37. The third-order valence-electron chi connectivity index (χ3n) is 3.90. The lowest BCUT2D eigenvalue weighted by Gasteiger charge is -2.06. The maximum absolute atomic E-state index is 12.0. The van der Waals surface area contributed by atoms with E-state index in [0.717, 1.165) is 37.8 Å². The molecule has 0 bridgehead atoms. The highest BCUT2D eigenvalue weighted by Crippen LogP contribution is 2.14. The van der Waals surface area contributed by atoms with Gasteiger partial charge in [-0.1, -0.05) is 62.6 Å². The molecule has 0 fully saturated rings. The summed E-state index contributed by atoms with van der Waals surface area (Å²) in [5.41, 5.74) is 6.49. The second-order valence-corrected chi connectivity index (χ2v) is 7.68. The van der Waals surface area contributed by atoms with E-state index in [1.165, 1.54) is 32.1 Å². The van der Waals surface area contributed by atoms with E-state index in [4.69, 9.17) is 9.92 Å². The molecular weight excluding hydrogens is 310 g/mol. The summed E-state index contributed by atoms with van der Waals surface area (Å²) in [7, 11) is -3.60. The summed E-state index contributed by atoms with van der Waals surface area (Å²) < 4.78 is 29.0. The van der Waals surface area contributed by atoms with Crippen LogP contribution in [0.2, 0.25) is 0 Å². The van der Waals surface area contributed by atoms with Crippen molar-refractivity contribution < 1.29 is 12.6 Å². The molecule has 0 heterocycles. The van der Waals surface area contributed by atoms with Crippen LogP contribution >= 0.6 is 0 Å². The Morgan fingerprint density at radius 1 is 0.826 bits per heavy atom. The van der Waals surface area contributed by atoms with Crippen LogP contribution in [0.4, 0.5) is 0 Å². The van der Waals surface area contributed by atoms with Gasteiger partial charge in [0.2, 0.25) is 0 Å². The number of unbranched alkanes of at least 4 members (excludes halogenated alkanes) is 8. The summed E-state index contributed by atoms with van der Waals surface area (Å²) >= 11 is 0. The van der Waals surface area contributed by atoms with Gasteiger partial charge < -0.3 is 5.73 Å². The first kappa shape index (κ1) is 20.1. The van der Waals surface area contributed by atoms with Gasteiger partial charge in [0.15, 0.2) is 0 Å². The largest absolute Gasteiger partial charge is 0.330 e. The molecule has 0 unspecified atom stereocenters. The first-order valence-corrected chi connectivity index (χ1v) is 10.1. The van der Waals surface area contributed by atoms with E-state index in [-0.39, 0.29) is 11.5 Å². The maximum Gasteiger partial charge on any atom is 0.296 e.